The molecular weight excluding hydrogens is 388 g/mol. The van der Waals surface area contributed by atoms with Crippen LogP contribution in [0.4, 0.5) is 20.2 Å². The van der Waals surface area contributed by atoms with Gasteiger partial charge in [0.15, 0.2) is 0 Å². The Kier molecular flexibility index (Phi) is 6.87. The summed E-state index contributed by atoms with van der Waals surface area (Å²) in [6.07, 6.45) is 0. The summed E-state index contributed by atoms with van der Waals surface area (Å²) >= 11 is 0. The van der Waals surface area contributed by atoms with Crippen LogP contribution in [0.1, 0.15) is 11.6 Å². The van der Waals surface area contributed by atoms with Crippen LogP contribution >= 0.6 is 0 Å². The molecule has 0 aromatic heterocycles. The first kappa shape index (κ1) is 21.1. The number of nitrogens with one attached hydrogen (secondary N) is 2. The van der Waals surface area contributed by atoms with E-state index in [9.17, 15) is 18.4 Å². The van der Waals surface area contributed by atoms with Gasteiger partial charge in [0.2, 0.25) is 11.8 Å². The van der Waals surface area contributed by atoms with Crippen molar-refractivity contribution in [3.63, 3.8) is 0 Å². The topological polar surface area (TPSA) is 61.4 Å². The molecule has 0 aliphatic rings. The van der Waals surface area contributed by atoms with Crippen molar-refractivity contribution in [3.8, 4) is 0 Å². The Hall–Kier alpha value is -3.58. The van der Waals surface area contributed by atoms with E-state index in [-0.39, 0.29) is 18.4 Å². The highest BCUT2D eigenvalue weighted by Gasteiger charge is 2.26. The molecular formula is C23H21F2N3O2. The Bertz CT molecular complexity index is 993. The molecule has 0 unspecified atom stereocenters. The predicted molar refractivity (Wildman–Crippen MR) is 112 cm³/mol. The van der Waals surface area contributed by atoms with Gasteiger partial charge in [0.25, 0.3) is 0 Å². The van der Waals surface area contributed by atoms with Crippen LogP contribution in [-0.4, -0.2) is 30.3 Å². The number of amides is 2. The van der Waals surface area contributed by atoms with Crippen LogP contribution in [0, 0.1) is 11.6 Å². The number of hydrogen-bond acceptors (Lipinski definition) is 3. The molecule has 0 heterocycles. The van der Waals surface area contributed by atoms with Gasteiger partial charge < -0.3 is 10.6 Å². The lowest BCUT2D eigenvalue weighted by molar-refractivity contribution is -0.123. The molecule has 3 rings (SSSR count). The molecule has 0 aliphatic carbocycles. The van der Waals surface area contributed by atoms with Crippen molar-refractivity contribution in [2.45, 2.75) is 6.04 Å². The number of benzene rings is 3. The Morgan fingerprint density at radius 1 is 0.800 bits per heavy atom. The molecule has 7 heteroatoms. The van der Waals surface area contributed by atoms with Crippen molar-refractivity contribution in [1.82, 2.24) is 4.90 Å². The minimum absolute atomic E-state index is 0.0756. The molecule has 0 radical (unpaired) electrons. The summed E-state index contributed by atoms with van der Waals surface area (Å²) in [5.41, 5.74) is 1.61. The zero-order chi connectivity index (χ0) is 21.5. The van der Waals surface area contributed by atoms with E-state index in [0.29, 0.717) is 16.9 Å². The zero-order valence-corrected chi connectivity index (χ0v) is 16.3. The van der Waals surface area contributed by atoms with Crippen LogP contribution in [0.15, 0.2) is 78.9 Å². The van der Waals surface area contributed by atoms with Gasteiger partial charge in [0.1, 0.15) is 17.7 Å². The Balaban J connectivity index is 1.74. The average Bonchev–Trinajstić information content (AvgIpc) is 2.72. The van der Waals surface area contributed by atoms with Gasteiger partial charge in [0.05, 0.1) is 6.54 Å². The van der Waals surface area contributed by atoms with E-state index in [4.69, 9.17) is 0 Å². The molecule has 0 bridgehead atoms. The molecule has 3 aromatic carbocycles. The van der Waals surface area contributed by atoms with E-state index in [2.05, 4.69) is 10.6 Å². The number of nitrogens with zero attached hydrogens (tertiary/aromatic N) is 1. The van der Waals surface area contributed by atoms with E-state index in [0.717, 1.165) is 0 Å². The fourth-order valence-electron chi connectivity index (χ4n) is 3.04. The summed E-state index contributed by atoms with van der Waals surface area (Å²) in [6.45, 7) is -0.0756. The molecule has 0 spiro atoms. The van der Waals surface area contributed by atoms with Gasteiger partial charge in [-0.15, -0.1) is 0 Å². The molecule has 0 saturated heterocycles. The largest absolute Gasteiger partial charge is 0.325 e. The third-order valence-corrected chi connectivity index (χ3v) is 4.44. The molecule has 5 nitrogen and oxygen atoms in total. The van der Waals surface area contributed by atoms with Crippen molar-refractivity contribution in [2.75, 3.05) is 24.2 Å². The highest BCUT2D eigenvalue weighted by atomic mass is 19.1. The predicted octanol–water partition coefficient (Wildman–Crippen LogP) is 4.22. The fourth-order valence-corrected chi connectivity index (χ4v) is 3.04. The normalized spacial score (nSPS) is 11.7. The zero-order valence-electron chi connectivity index (χ0n) is 16.3. The van der Waals surface area contributed by atoms with Crippen molar-refractivity contribution in [1.29, 1.82) is 0 Å². The van der Waals surface area contributed by atoms with Crippen LogP contribution in [0.5, 0.6) is 0 Å². The van der Waals surface area contributed by atoms with Gasteiger partial charge in [0, 0.05) is 11.4 Å². The lowest BCUT2D eigenvalue weighted by Gasteiger charge is -2.27. The van der Waals surface area contributed by atoms with E-state index >= 15 is 0 Å². The van der Waals surface area contributed by atoms with E-state index in [1.54, 1.807) is 36.2 Å². The summed E-state index contributed by atoms with van der Waals surface area (Å²) in [7, 11) is 1.66. The van der Waals surface area contributed by atoms with Gasteiger partial charge in [-0.1, -0.05) is 30.3 Å². The van der Waals surface area contributed by atoms with Gasteiger partial charge in [-0.2, -0.15) is 0 Å². The summed E-state index contributed by atoms with van der Waals surface area (Å²) in [5.74, 6) is -1.50. The van der Waals surface area contributed by atoms with E-state index < -0.39 is 17.7 Å². The summed E-state index contributed by atoms with van der Waals surface area (Å²) in [4.78, 5) is 27.0. The maximum Gasteiger partial charge on any atom is 0.246 e. The minimum atomic E-state index is -0.754. The first-order chi connectivity index (χ1) is 14.4. The first-order valence-electron chi connectivity index (χ1n) is 9.29. The number of rotatable bonds is 7. The second kappa shape index (κ2) is 9.76. The highest BCUT2D eigenvalue weighted by Crippen LogP contribution is 2.22. The molecule has 154 valence electrons. The quantitative estimate of drug-likeness (QED) is 0.614. The lowest BCUT2D eigenvalue weighted by Crippen LogP contribution is -2.39. The Morgan fingerprint density at radius 3 is 1.83 bits per heavy atom. The van der Waals surface area contributed by atoms with E-state index in [1.807, 2.05) is 6.07 Å². The minimum Gasteiger partial charge on any atom is -0.325 e. The van der Waals surface area contributed by atoms with Crippen molar-refractivity contribution < 1.29 is 18.4 Å². The summed E-state index contributed by atoms with van der Waals surface area (Å²) in [6, 6.07) is 19.2. The van der Waals surface area contributed by atoms with E-state index in [1.165, 1.54) is 48.5 Å². The summed E-state index contributed by atoms with van der Waals surface area (Å²) < 4.78 is 26.2. The van der Waals surface area contributed by atoms with Crippen LogP contribution in [0.2, 0.25) is 0 Å². The number of carbonyl (C=O) groups is 2. The van der Waals surface area contributed by atoms with Crippen LogP contribution in [0.25, 0.3) is 0 Å². The van der Waals surface area contributed by atoms with Crippen LogP contribution in [0.3, 0.4) is 0 Å². The second-order valence-electron chi connectivity index (χ2n) is 6.78. The molecule has 3 aromatic rings. The average molecular weight is 409 g/mol. The first-order valence-corrected chi connectivity index (χ1v) is 9.29. The van der Waals surface area contributed by atoms with Gasteiger partial charge >= 0.3 is 0 Å². The second-order valence-corrected chi connectivity index (χ2v) is 6.78. The Labute approximate surface area is 173 Å². The van der Waals surface area contributed by atoms with Crippen LogP contribution < -0.4 is 10.6 Å². The van der Waals surface area contributed by atoms with Crippen LogP contribution in [-0.2, 0) is 9.59 Å². The molecule has 0 fully saturated rings. The lowest BCUT2D eigenvalue weighted by atomic mass is 10.0. The molecule has 1 atom stereocenters. The van der Waals surface area contributed by atoms with Crippen molar-refractivity contribution in [2.24, 2.45) is 0 Å². The smallest absolute Gasteiger partial charge is 0.246 e. The fraction of sp³-hybridized carbons (Fsp3) is 0.130. The molecule has 2 amide bonds. The van der Waals surface area contributed by atoms with Crippen molar-refractivity contribution in [3.05, 3.63) is 96.1 Å². The standard InChI is InChI=1S/C23H21F2N3O2/c1-28(15-21(29)26-19-11-7-17(24)8-12-19)22(16-5-3-2-4-6-16)23(30)27-20-13-9-18(25)10-14-20/h2-14,22H,15H2,1H3,(H,26,29)(H,27,30)/t22-/m0/s1. The number of anilines is 2. The van der Waals surface area contributed by atoms with Gasteiger partial charge in [-0.25, -0.2) is 8.78 Å². The third-order valence-electron chi connectivity index (χ3n) is 4.44. The molecule has 2 N–H and O–H groups in total. The number of hydrogen-bond donors (Lipinski definition) is 2. The molecule has 30 heavy (non-hydrogen) atoms. The van der Waals surface area contributed by atoms with Crippen molar-refractivity contribution >= 4 is 23.2 Å². The monoisotopic (exact) mass is 409 g/mol. The molecule has 0 aliphatic heterocycles. The SMILES string of the molecule is CN(CC(=O)Nc1ccc(F)cc1)[C@H](C(=O)Nc1ccc(F)cc1)c1ccccc1. The maximum atomic E-state index is 13.1. The number of carbonyl (C=O) groups excluding carboxylic acids is 2. The summed E-state index contributed by atoms with van der Waals surface area (Å²) in [5, 5.41) is 5.44. The third kappa shape index (κ3) is 5.71. The van der Waals surface area contributed by atoms with Gasteiger partial charge in [-0.05, 0) is 61.1 Å². The number of halogens is 2. The van der Waals surface area contributed by atoms with Gasteiger partial charge in [-0.3, -0.25) is 14.5 Å². The maximum absolute atomic E-state index is 13.1. The Morgan fingerprint density at radius 2 is 1.30 bits per heavy atom. The highest BCUT2D eigenvalue weighted by molar-refractivity contribution is 5.97. The number of likely N-dealkylation sites (N-methyl/N-ethyl adjacent to an activating group) is 1. The molecule has 0 saturated carbocycles.